The first-order chi connectivity index (χ1) is 28.2. The first kappa shape index (κ1) is 33.1. The number of benzene rings is 9. The molecule has 0 atom stereocenters. The summed E-state index contributed by atoms with van der Waals surface area (Å²) in [5.74, 6) is 0.644. The Morgan fingerprint density at radius 2 is 1.02 bits per heavy atom. The van der Waals surface area contributed by atoms with E-state index in [1.54, 1.807) is 11.3 Å². The molecule has 0 aliphatic rings. The molecule has 9 aromatic carbocycles. The van der Waals surface area contributed by atoms with Crippen molar-refractivity contribution < 1.29 is 4.42 Å². The number of rotatable bonds is 7. The maximum Gasteiger partial charge on any atom is 0.227 e. The van der Waals surface area contributed by atoms with Gasteiger partial charge in [-0.1, -0.05) is 133 Å². The minimum absolute atomic E-state index is 0.644. The number of thiophene rings is 1. The standard InChI is InChI=1S/C53H34N2OS/c1-3-11-35(12-4-1)41-17-9-18-45(32-41)55(43-27-23-37(24-28-43)42-22-21-36-13-7-8-16-40(36)31-42)44-29-25-38(26-30-44)46-19-10-20-50-52(46)47-33-49-48(34-51(47)57-50)54-53(56-49)39-14-5-2-6-15-39/h1-34H. The summed E-state index contributed by atoms with van der Waals surface area (Å²) >= 11 is 1.80. The third-order valence-corrected chi connectivity index (χ3v) is 12.0. The molecule has 0 N–H and O–H groups in total. The van der Waals surface area contributed by atoms with Crippen molar-refractivity contribution in [1.29, 1.82) is 0 Å². The number of nitrogens with zero attached hydrogens (tertiary/aromatic N) is 2. The third-order valence-electron chi connectivity index (χ3n) is 10.9. The molecule has 0 saturated heterocycles. The summed E-state index contributed by atoms with van der Waals surface area (Å²) < 4.78 is 8.77. The van der Waals surface area contributed by atoms with E-state index in [4.69, 9.17) is 9.40 Å². The molecule has 0 saturated carbocycles. The van der Waals surface area contributed by atoms with Crippen molar-refractivity contribution in [3.63, 3.8) is 0 Å². The Morgan fingerprint density at radius 3 is 1.79 bits per heavy atom. The summed E-state index contributed by atoms with van der Waals surface area (Å²) in [5, 5.41) is 4.91. The van der Waals surface area contributed by atoms with Crippen LogP contribution in [-0.4, -0.2) is 4.98 Å². The summed E-state index contributed by atoms with van der Waals surface area (Å²) in [6.07, 6.45) is 0. The number of hydrogen-bond donors (Lipinski definition) is 0. The third kappa shape index (κ3) is 6.04. The van der Waals surface area contributed by atoms with Crippen LogP contribution >= 0.6 is 11.3 Å². The molecule has 0 unspecified atom stereocenters. The molecule has 0 spiro atoms. The van der Waals surface area contributed by atoms with Crippen LogP contribution in [0.3, 0.4) is 0 Å². The second-order valence-electron chi connectivity index (χ2n) is 14.4. The highest BCUT2D eigenvalue weighted by Crippen LogP contribution is 2.44. The molecule has 2 aromatic heterocycles. The van der Waals surface area contributed by atoms with Gasteiger partial charge in [0.05, 0.1) is 0 Å². The highest BCUT2D eigenvalue weighted by Gasteiger charge is 2.18. The van der Waals surface area contributed by atoms with Crippen molar-refractivity contribution in [2.24, 2.45) is 0 Å². The van der Waals surface area contributed by atoms with Crippen molar-refractivity contribution in [2.75, 3.05) is 4.90 Å². The predicted octanol–water partition coefficient (Wildman–Crippen LogP) is 15.5. The summed E-state index contributed by atoms with van der Waals surface area (Å²) in [6.45, 7) is 0. The van der Waals surface area contributed by atoms with Crippen molar-refractivity contribution in [3.8, 4) is 44.8 Å². The molecular weight excluding hydrogens is 713 g/mol. The topological polar surface area (TPSA) is 29.3 Å². The summed E-state index contributed by atoms with van der Waals surface area (Å²) in [6, 6.07) is 73.6. The van der Waals surface area contributed by atoms with E-state index in [1.165, 1.54) is 58.8 Å². The number of hydrogen-bond acceptors (Lipinski definition) is 4. The van der Waals surface area contributed by atoms with Crippen LogP contribution in [0.1, 0.15) is 0 Å². The van der Waals surface area contributed by atoms with Gasteiger partial charge in [-0.05, 0) is 117 Å². The van der Waals surface area contributed by atoms with Gasteiger partial charge < -0.3 is 9.32 Å². The normalized spacial score (nSPS) is 11.5. The number of aromatic nitrogens is 1. The van der Waals surface area contributed by atoms with E-state index >= 15 is 0 Å². The minimum atomic E-state index is 0.644. The van der Waals surface area contributed by atoms with E-state index in [0.29, 0.717) is 5.89 Å². The van der Waals surface area contributed by atoms with Crippen LogP contribution in [0.2, 0.25) is 0 Å². The van der Waals surface area contributed by atoms with Gasteiger partial charge in [-0.2, -0.15) is 0 Å². The highest BCUT2D eigenvalue weighted by molar-refractivity contribution is 7.26. The van der Waals surface area contributed by atoms with Gasteiger partial charge in [0.15, 0.2) is 5.58 Å². The highest BCUT2D eigenvalue weighted by atomic mass is 32.1. The first-order valence-electron chi connectivity index (χ1n) is 19.2. The van der Waals surface area contributed by atoms with Gasteiger partial charge in [0, 0.05) is 42.8 Å². The molecule has 0 fully saturated rings. The van der Waals surface area contributed by atoms with E-state index in [1.807, 2.05) is 30.3 Å². The molecule has 11 aromatic rings. The zero-order valence-electron chi connectivity index (χ0n) is 30.8. The van der Waals surface area contributed by atoms with E-state index in [2.05, 4.69) is 181 Å². The molecule has 0 radical (unpaired) electrons. The molecule has 0 aliphatic carbocycles. The van der Waals surface area contributed by atoms with Crippen LogP contribution in [0.5, 0.6) is 0 Å². The van der Waals surface area contributed by atoms with E-state index in [0.717, 1.165) is 39.3 Å². The Hall–Kier alpha value is -7.27. The lowest BCUT2D eigenvalue weighted by atomic mass is 9.98. The quantitative estimate of drug-likeness (QED) is 0.163. The van der Waals surface area contributed by atoms with Crippen LogP contribution in [0, 0.1) is 0 Å². The number of anilines is 3. The fourth-order valence-corrected chi connectivity index (χ4v) is 9.20. The Labute approximate surface area is 334 Å². The van der Waals surface area contributed by atoms with Crippen LogP contribution < -0.4 is 4.90 Å². The molecule has 0 bridgehead atoms. The predicted molar refractivity (Wildman–Crippen MR) is 241 cm³/mol. The van der Waals surface area contributed by atoms with Crippen molar-refractivity contribution in [1.82, 2.24) is 4.98 Å². The van der Waals surface area contributed by atoms with Crippen LogP contribution in [0.4, 0.5) is 17.1 Å². The van der Waals surface area contributed by atoms with E-state index in [9.17, 15) is 0 Å². The maximum atomic E-state index is 6.33. The SMILES string of the molecule is c1ccc(-c2cccc(N(c3ccc(-c4ccc5ccccc5c4)cc3)c3ccc(-c4cccc5sc6cc7nc(-c8ccccc8)oc7cc6c45)cc3)c2)cc1. The van der Waals surface area contributed by atoms with E-state index < -0.39 is 0 Å². The van der Waals surface area contributed by atoms with Gasteiger partial charge in [-0.15, -0.1) is 11.3 Å². The molecule has 11 rings (SSSR count). The van der Waals surface area contributed by atoms with Crippen LogP contribution in [0.15, 0.2) is 211 Å². The Balaban J connectivity index is 0.994. The fourth-order valence-electron chi connectivity index (χ4n) is 8.06. The largest absolute Gasteiger partial charge is 0.436 e. The summed E-state index contributed by atoms with van der Waals surface area (Å²) in [4.78, 5) is 7.20. The van der Waals surface area contributed by atoms with Gasteiger partial charge in [0.25, 0.3) is 0 Å². The van der Waals surface area contributed by atoms with Crippen LogP contribution in [0.25, 0.3) is 86.9 Å². The van der Waals surface area contributed by atoms with Gasteiger partial charge in [0.1, 0.15) is 5.52 Å². The number of fused-ring (bicyclic) bond motifs is 5. The molecule has 2 heterocycles. The summed E-state index contributed by atoms with van der Waals surface area (Å²) in [5.41, 5.74) is 13.0. The zero-order valence-corrected chi connectivity index (χ0v) is 31.7. The molecular formula is C53H34N2OS. The summed E-state index contributed by atoms with van der Waals surface area (Å²) in [7, 11) is 0. The zero-order chi connectivity index (χ0) is 37.7. The van der Waals surface area contributed by atoms with Gasteiger partial charge in [-0.25, -0.2) is 4.98 Å². The number of oxazole rings is 1. The smallest absolute Gasteiger partial charge is 0.227 e. The molecule has 0 amide bonds. The van der Waals surface area contributed by atoms with E-state index in [-0.39, 0.29) is 0 Å². The molecule has 0 aliphatic heterocycles. The van der Waals surface area contributed by atoms with Crippen molar-refractivity contribution >= 4 is 70.4 Å². The lowest BCUT2D eigenvalue weighted by Gasteiger charge is -2.26. The molecule has 4 heteroatoms. The molecule has 57 heavy (non-hydrogen) atoms. The van der Waals surface area contributed by atoms with Crippen LogP contribution in [-0.2, 0) is 0 Å². The van der Waals surface area contributed by atoms with Crippen molar-refractivity contribution in [2.45, 2.75) is 0 Å². The average molecular weight is 747 g/mol. The molecule has 3 nitrogen and oxygen atoms in total. The maximum absolute atomic E-state index is 6.33. The van der Waals surface area contributed by atoms with Gasteiger partial charge >= 0.3 is 0 Å². The lowest BCUT2D eigenvalue weighted by molar-refractivity contribution is 0.620. The second-order valence-corrected chi connectivity index (χ2v) is 15.5. The first-order valence-corrected chi connectivity index (χ1v) is 20.0. The Bertz CT molecular complexity index is 3220. The Morgan fingerprint density at radius 1 is 0.404 bits per heavy atom. The second kappa shape index (κ2) is 13.8. The molecule has 268 valence electrons. The monoisotopic (exact) mass is 746 g/mol. The van der Waals surface area contributed by atoms with Gasteiger partial charge in [-0.3, -0.25) is 0 Å². The van der Waals surface area contributed by atoms with Gasteiger partial charge in [0.2, 0.25) is 5.89 Å². The lowest BCUT2D eigenvalue weighted by Crippen LogP contribution is -2.10. The van der Waals surface area contributed by atoms with Crippen molar-refractivity contribution in [3.05, 3.63) is 206 Å². The average Bonchev–Trinajstić information content (AvgIpc) is 3.87. The minimum Gasteiger partial charge on any atom is -0.436 e. The Kier molecular flexibility index (Phi) is 8.01. The fraction of sp³-hybridized carbons (Fsp3) is 0.